The van der Waals surface area contributed by atoms with E-state index >= 15 is 0 Å². The molecule has 0 aliphatic heterocycles. The number of hydrogen-bond donors (Lipinski definition) is 4. The molecule has 1 unspecified atom stereocenters. The molecule has 37 heavy (non-hydrogen) atoms. The fourth-order valence-corrected chi connectivity index (χ4v) is 4.67. The van der Waals surface area contributed by atoms with Gasteiger partial charge < -0.3 is 25.7 Å². The predicted octanol–water partition coefficient (Wildman–Crippen LogP) is 5.81. The van der Waals surface area contributed by atoms with Gasteiger partial charge in [0.2, 0.25) is 4.90 Å². The second-order valence-corrected chi connectivity index (χ2v) is 10.00. The van der Waals surface area contributed by atoms with Gasteiger partial charge in [0.15, 0.2) is 11.6 Å². The number of hydrogen-bond acceptors (Lipinski definition) is 8. The molecule has 194 valence electrons. The molecular weight excluding hydrogens is 540 g/mol. The molecule has 0 fully saturated rings. The monoisotopic (exact) mass is 563 g/mol. The van der Waals surface area contributed by atoms with Crippen LogP contribution in [0.25, 0.3) is 17.0 Å². The number of allylic oxidation sites excluding steroid dienone is 1. The molecule has 7 nitrogen and oxygen atoms in total. The van der Waals surface area contributed by atoms with Crippen molar-refractivity contribution in [2.45, 2.75) is 11.8 Å². The fraction of sp³-hybridized carbons (Fsp3) is 0.120. The zero-order valence-corrected chi connectivity index (χ0v) is 22.2. The zero-order valence-electron chi connectivity index (χ0n) is 19.8. The van der Waals surface area contributed by atoms with Crippen LogP contribution < -0.4 is 20.5 Å². The maximum atomic E-state index is 14.9. The van der Waals surface area contributed by atoms with Gasteiger partial charge in [-0.3, -0.25) is 0 Å². The summed E-state index contributed by atoms with van der Waals surface area (Å²) in [6, 6.07) is 11.3. The highest BCUT2D eigenvalue weighted by molar-refractivity contribution is 8.02. The molecule has 3 rings (SSSR count). The molecule has 0 aliphatic carbocycles. The lowest BCUT2D eigenvalue weighted by Gasteiger charge is -2.16. The minimum atomic E-state index is -1.99. The maximum Gasteiger partial charge on any atom is 0.217 e. The standard InChI is InChI=1S/C25H24ClF2N5O2S2/c1-3-36-14-24(30)33-37(34)23-12-17(26)22(13-18(23)28)35-21-9-8-19(15-4-6-16(27)7-5-15)32-25(21)20(31-2)10-11-29/h4-14,29,31,33H,3,30H2,1-2H3/b20-10-,24-14+,29-11?. The van der Waals surface area contributed by atoms with Gasteiger partial charge in [0.1, 0.15) is 34.4 Å². The van der Waals surface area contributed by atoms with Crippen LogP contribution in [0.2, 0.25) is 5.02 Å². The zero-order chi connectivity index (χ0) is 26.9. The van der Waals surface area contributed by atoms with Gasteiger partial charge in [-0.1, -0.05) is 18.5 Å². The molecule has 1 heterocycles. The van der Waals surface area contributed by atoms with Crippen LogP contribution in [0.4, 0.5) is 8.78 Å². The van der Waals surface area contributed by atoms with Gasteiger partial charge in [0.25, 0.3) is 0 Å². The molecule has 0 spiro atoms. The van der Waals surface area contributed by atoms with Crippen LogP contribution in [-0.2, 0) is 11.4 Å². The molecule has 0 aliphatic rings. The number of rotatable bonds is 11. The number of aromatic nitrogens is 1. The summed E-state index contributed by atoms with van der Waals surface area (Å²) in [7, 11) is 1.65. The van der Waals surface area contributed by atoms with Crippen LogP contribution in [0.15, 0.2) is 70.7 Å². The van der Waals surface area contributed by atoms with E-state index in [9.17, 15) is 13.3 Å². The van der Waals surface area contributed by atoms with Crippen LogP contribution in [0, 0.1) is 17.0 Å². The summed E-state index contributed by atoms with van der Waals surface area (Å²) in [6.45, 7) is 1.93. The van der Waals surface area contributed by atoms with Gasteiger partial charge in [-0.25, -0.2) is 13.8 Å². The Balaban J connectivity index is 1.97. The Morgan fingerprint density at radius 3 is 2.59 bits per heavy atom. The van der Waals surface area contributed by atoms with Crippen molar-refractivity contribution in [3.8, 4) is 22.8 Å². The van der Waals surface area contributed by atoms with Crippen LogP contribution in [-0.4, -0.2) is 28.6 Å². The van der Waals surface area contributed by atoms with Crippen LogP contribution in [0.1, 0.15) is 12.6 Å². The van der Waals surface area contributed by atoms with E-state index < -0.39 is 17.2 Å². The van der Waals surface area contributed by atoms with Gasteiger partial charge in [-0.2, -0.15) is 4.72 Å². The first-order valence-electron chi connectivity index (χ1n) is 10.9. The largest absolute Gasteiger partial charge is 0.588 e. The van der Waals surface area contributed by atoms with Crippen molar-refractivity contribution in [3.05, 3.63) is 88.2 Å². The molecule has 1 atom stereocenters. The lowest BCUT2D eigenvalue weighted by molar-refractivity contribution is 0.469. The number of ether oxygens (including phenoxy) is 1. The van der Waals surface area contributed by atoms with Gasteiger partial charge in [0.05, 0.1) is 16.4 Å². The van der Waals surface area contributed by atoms with E-state index in [-0.39, 0.29) is 33.1 Å². The van der Waals surface area contributed by atoms with Crippen molar-refractivity contribution < 1.29 is 18.1 Å². The van der Waals surface area contributed by atoms with E-state index in [1.54, 1.807) is 36.7 Å². The third-order valence-corrected chi connectivity index (χ3v) is 6.95. The van der Waals surface area contributed by atoms with Crippen molar-refractivity contribution in [3.63, 3.8) is 0 Å². The molecule has 12 heteroatoms. The lowest BCUT2D eigenvalue weighted by Crippen LogP contribution is -2.28. The summed E-state index contributed by atoms with van der Waals surface area (Å²) in [6.07, 6.45) is 2.54. The molecule has 0 amide bonds. The number of halogens is 3. The molecule has 3 aromatic rings. The minimum Gasteiger partial charge on any atom is -0.588 e. The molecule has 0 saturated carbocycles. The van der Waals surface area contributed by atoms with Crippen molar-refractivity contribution in [1.82, 2.24) is 15.0 Å². The van der Waals surface area contributed by atoms with E-state index in [1.165, 1.54) is 36.0 Å². The number of pyridine rings is 1. The lowest BCUT2D eigenvalue weighted by atomic mass is 10.1. The highest BCUT2D eigenvalue weighted by atomic mass is 35.5. The highest BCUT2D eigenvalue weighted by Crippen LogP contribution is 2.36. The number of benzene rings is 2. The van der Waals surface area contributed by atoms with Gasteiger partial charge in [-0.15, -0.1) is 11.8 Å². The normalized spacial score (nSPS) is 12.7. The Bertz CT molecular complexity index is 1320. The quantitative estimate of drug-likeness (QED) is 0.172. The maximum absolute atomic E-state index is 14.9. The second kappa shape index (κ2) is 13.3. The van der Waals surface area contributed by atoms with Gasteiger partial charge in [0, 0.05) is 36.4 Å². The Morgan fingerprint density at radius 2 is 1.95 bits per heavy atom. The van der Waals surface area contributed by atoms with E-state index in [2.05, 4.69) is 15.0 Å². The summed E-state index contributed by atoms with van der Waals surface area (Å²) < 4.78 is 49.3. The Hall–Kier alpha value is -3.25. The Labute approximate surface area is 226 Å². The number of nitrogens with one attached hydrogen (secondary N) is 3. The summed E-state index contributed by atoms with van der Waals surface area (Å²) >= 11 is 5.77. The molecule has 0 saturated heterocycles. The predicted molar refractivity (Wildman–Crippen MR) is 147 cm³/mol. The van der Waals surface area contributed by atoms with Crippen molar-refractivity contribution in [2.75, 3.05) is 12.8 Å². The Morgan fingerprint density at radius 1 is 1.22 bits per heavy atom. The van der Waals surface area contributed by atoms with Crippen molar-refractivity contribution in [1.29, 1.82) is 5.41 Å². The minimum absolute atomic E-state index is 0.00707. The highest BCUT2D eigenvalue weighted by Gasteiger charge is 2.23. The van der Waals surface area contributed by atoms with Crippen molar-refractivity contribution in [2.24, 2.45) is 5.73 Å². The first-order chi connectivity index (χ1) is 17.8. The first kappa shape index (κ1) is 28.3. The smallest absolute Gasteiger partial charge is 0.217 e. The summed E-state index contributed by atoms with van der Waals surface area (Å²) in [5.74, 6) is -0.109. The SMILES string of the molecule is CCS/C=C(\N)N[S+]([O-])c1cc(Cl)c(Oc2ccc(-c3ccc(F)cc3)nc2/C(=C/C=N)NC)cc1F. The van der Waals surface area contributed by atoms with Crippen LogP contribution >= 0.6 is 23.4 Å². The van der Waals surface area contributed by atoms with E-state index in [1.807, 2.05) is 6.92 Å². The first-order valence-corrected chi connectivity index (χ1v) is 13.4. The van der Waals surface area contributed by atoms with Gasteiger partial charge >= 0.3 is 0 Å². The number of thioether (sulfide) groups is 1. The van der Waals surface area contributed by atoms with Gasteiger partial charge in [-0.05, 0) is 48.2 Å². The Kier molecular flexibility index (Phi) is 10.2. The molecule has 0 bridgehead atoms. The molecular formula is C25H24ClF2N5O2S2. The average molecular weight is 564 g/mol. The van der Waals surface area contributed by atoms with Crippen LogP contribution in [0.5, 0.6) is 11.5 Å². The summed E-state index contributed by atoms with van der Waals surface area (Å²) in [5, 5.41) is 12.0. The molecule has 2 aromatic carbocycles. The second-order valence-electron chi connectivity index (χ2n) is 7.26. The third kappa shape index (κ3) is 7.39. The molecule has 0 radical (unpaired) electrons. The fourth-order valence-electron chi connectivity index (χ4n) is 3.08. The van der Waals surface area contributed by atoms with Crippen molar-refractivity contribution >= 4 is 46.6 Å². The summed E-state index contributed by atoms with van der Waals surface area (Å²) in [5.41, 5.74) is 7.70. The van der Waals surface area contributed by atoms with E-state index in [0.29, 0.717) is 22.6 Å². The number of nitrogens with two attached hydrogens (primary N) is 1. The topological polar surface area (TPSA) is 119 Å². The van der Waals surface area contributed by atoms with Crippen LogP contribution in [0.3, 0.4) is 0 Å². The average Bonchev–Trinajstić information content (AvgIpc) is 2.88. The van der Waals surface area contributed by atoms with E-state index in [0.717, 1.165) is 18.0 Å². The third-order valence-electron chi connectivity index (χ3n) is 4.77. The summed E-state index contributed by atoms with van der Waals surface area (Å²) in [4.78, 5) is 4.42. The number of nitrogens with zero attached hydrogens (tertiary/aromatic N) is 1. The van der Waals surface area contributed by atoms with E-state index in [4.69, 9.17) is 27.5 Å². The molecule has 1 aromatic heterocycles. The molecule has 5 N–H and O–H groups in total.